The van der Waals surface area contributed by atoms with Crippen LogP contribution in [-0.4, -0.2) is 6.29 Å². The molecule has 1 aromatic carbocycles. The third kappa shape index (κ3) is 5.96. The molecule has 1 rings (SSSR count). The maximum atomic E-state index is 10.2. The number of nitriles is 1. The standard InChI is InChI=1S/C8H5NO.C4H10/c9-5-7-2-1-3-8(4-7)6-10;1-4(2)3/h1-4,6H;4H,1-3H3. The number of rotatable bonds is 1. The van der Waals surface area contributed by atoms with Gasteiger partial charge in [0.1, 0.15) is 6.29 Å². The lowest BCUT2D eigenvalue weighted by Gasteiger charge is -1.87. The van der Waals surface area contributed by atoms with Gasteiger partial charge >= 0.3 is 0 Å². The van der Waals surface area contributed by atoms with Crippen LogP contribution in [0.2, 0.25) is 0 Å². The van der Waals surface area contributed by atoms with Crippen LogP contribution in [0.3, 0.4) is 0 Å². The van der Waals surface area contributed by atoms with Crippen molar-refractivity contribution < 1.29 is 4.79 Å². The summed E-state index contributed by atoms with van der Waals surface area (Å²) in [5, 5.41) is 8.39. The molecule has 0 saturated heterocycles. The van der Waals surface area contributed by atoms with E-state index in [0.717, 1.165) is 12.2 Å². The second kappa shape index (κ2) is 6.85. The molecule has 74 valence electrons. The van der Waals surface area contributed by atoms with Crippen molar-refractivity contribution in [2.24, 2.45) is 5.92 Å². The second-order valence-electron chi connectivity index (χ2n) is 3.59. The molecule has 0 aromatic heterocycles. The van der Waals surface area contributed by atoms with E-state index >= 15 is 0 Å². The van der Waals surface area contributed by atoms with Crippen molar-refractivity contribution >= 4 is 6.29 Å². The second-order valence-corrected chi connectivity index (χ2v) is 3.59. The lowest BCUT2D eigenvalue weighted by molar-refractivity contribution is 0.112. The van der Waals surface area contributed by atoms with E-state index in [1.54, 1.807) is 24.3 Å². The molecule has 0 aliphatic rings. The van der Waals surface area contributed by atoms with Gasteiger partial charge in [-0.2, -0.15) is 5.26 Å². The van der Waals surface area contributed by atoms with Gasteiger partial charge < -0.3 is 0 Å². The molecule has 0 bridgehead atoms. The third-order valence-electron chi connectivity index (χ3n) is 1.15. The van der Waals surface area contributed by atoms with Gasteiger partial charge in [-0.1, -0.05) is 32.9 Å². The molecule has 0 radical (unpaired) electrons. The molecule has 0 saturated carbocycles. The summed E-state index contributed by atoms with van der Waals surface area (Å²) in [4.78, 5) is 10.2. The molecule has 2 heteroatoms. The van der Waals surface area contributed by atoms with Crippen molar-refractivity contribution in [3.63, 3.8) is 0 Å². The summed E-state index contributed by atoms with van der Waals surface area (Å²) in [6, 6.07) is 8.49. The highest BCUT2D eigenvalue weighted by atomic mass is 16.1. The Balaban J connectivity index is 0.000000364. The summed E-state index contributed by atoms with van der Waals surface area (Å²) in [5.74, 6) is 0.833. The van der Waals surface area contributed by atoms with Crippen LogP contribution in [0.5, 0.6) is 0 Å². The molecule has 0 aliphatic heterocycles. The Labute approximate surface area is 85.2 Å². The average molecular weight is 189 g/mol. The van der Waals surface area contributed by atoms with Gasteiger partial charge in [0.15, 0.2) is 0 Å². The number of carbonyl (C=O) groups is 1. The Kier molecular flexibility index (Phi) is 6.06. The first-order chi connectivity index (χ1) is 6.60. The Bertz CT molecular complexity index is 321. The van der Waals surface area contributed by atoms with E-state index in [1.165, 1.54) is 0 Å². The predicted molar refractivity (Wildman–Crippen MR) is 57.1 cm³/mol. The van der Waals surface area contributed by atoms with Gasteiger partial charge in [-0.25, -0.2) is 0 Å². The number of hydrogen-bond acceptors (Lipinski definition) is 2. The van der Waals surface area contributed by atoms with Crippen LogP contribution < -0.4 is 0 Å². The summed E-state index contributed by atoms with van der Waals surface area (Å²) in [6.07, 6.45) is 0.723. The predicted octanol–water partition coefficient (Wildman–Crippen LogP) is 3.03. The zero-order valence-corrected chi connectivity index (χ0v) is 8.82. The number of nitrogens with zero attached hydrogens (tertiary/aromatic N) is 1. The fourth-order valence-corrected chi connectivity index (χ4v) is 0.682. The van der Waals surface area contributed by atoms with E-state index in [9.17, 15) is 4.79 Å². The molecule has 0 unspecified atom stereocenters. The molecule has 0 amide bonds. The van der Waals surface area contributed by atoms with Crippen LogP contribution in [-0.2, 0) is 0 Å². The van der Waals surface area contributed by atoms with Gasteiger partial charge in [-0.3, -0.25) is 4.79 Å². The van der Waals surface area contributed by atoms with E-state index in [4.69, 9.17) is 5.26 Å². The summed E-state index contributed by atoms with van der Waals surface area (Å²) >= 11 is 0. The molecule has 2 nitrogen and oxygen atoms in total. The molecule has 14 heavy (non-hydrogen) atoms. The SMILES string of the molecule is CC(C)C.N#Cc1cccc(C=O)c1. The van der Waals surface area contributed by atoms with E-state index in [2.05, 4.69) is 20.8 Å². The summed E-state index contributed by atoms with van der Waals surface area (Å²) in [5.41, 5.74) is 1.06. The van der Waals surface area contributed by atoms with E-state index in [1.807, 2.05) is 6.07 Å². The van der Waals surface area contributed by atoms with Crippen LogP contribution in [0.4, 0.5) is 0 Å². The van der Waals surface area contributed by atoms with Crippen molar-refractivity contribution in [3.8, 4) is 6.07 Å². The van der Waals surface area contributed by atoms with Crippen LogP contribution >= 0.6 is 0 Å². The topological polar surface area (TPSA) is 40.9 Å². The van der Waals surface area contributed by atoms with Crippen molar-refractivity contribution in [1.82, 2.24) is 0 Å². The molecule has 0 aliphatic carbocycles. The minimum absolute atomic E-state index is 0.518. The summed E-state index contributed by atoms with van der Waals surface area (Å²) < 4.78 is 0. The molecule has 0 spiro atoms. The minimum atomic E-state index is 0.518. The van der Waals surface area contributed by atoms with Crippen LogP contribution in [0.1, 0.15) is 36.7 Å². The zero-order chi connectivity index (χ0) is 11.0. The number of aldehydes is 1. The van der Waals surface area contributed by atoms with Gasteiger partial charge in [0, 0.05) is 5.56 Å². The normalized spacial score (nSPS) is 8.50. The third-order valence-corrected chi connectivity index (χ3v) is 1.15. The lowest BCUT2D eigenvalue weighted by atomic mass is 10.2. The van der Waals surface area contributed by atoms with Gasteiger partial charge in [0.05, 0.1) is 11.6 Å². The van der Waals surface area contributed by atoms with E-state index in [-0.39, 0.29) is 0 Å². The molecule has 0 N–H and O–H groups in total. The Hall–Kier alpha value is -1.62. The fraction of sp³-hybridized carbons (Fsp3) is 0.333. The largest absolute Gasteiger partial charge is 0.298 e. The maximum Gasteiger partial charge on any atom is 0.150 e. The molecular weight excluding hydrogens is 174 g/mol. The first-order valence-corrected chi connectivity index (χ1v) is 4.55. The molecule has 0 fully saturated rings. The van der Waals surface area contributed by atoms with Crippen molar-refractivity contribution in [3.05, 3.63) is 35.4 Å². The zero-order valence-electron chi connectivity index (χ0n) is 8.82. The van der Waals surface area contributed by atoms with Crippen molar-refractivity contribution in [2.75, 3.05) is 0 Å². The molecule has 0 atom stereocenters. The Morgan fingerprint density at radius 3 is 2.36 bits per heavy atom. The van der Waals surface area contributed by atoms with Crippen molar-refractivity contribution in [1.29, 1.82) is 5.26 Å². The average Bonchev–Trinajstić information content (AvgIpc) is 2.17. The van der Waals surface area contributed by atoms with Crippen LogP contribution in [0.15, 0.2) is 24.3 Å². The van der Waals surface area contributed by atoms with Gasteiger partial charge in [-0.05, 0) is 18.1 Å². The maximum absolute atomic E-state index is 10.2. The molecular formula is C12H15NO. The highest BCUT2D eigenvalue weighted by Gasteiger charge is 1.90. The summed E-state index contributed by atoms with van der Waals surface area (Å²) in [7, 11) is 0. The number of carbonyl (C=O) groups excluding carboxylic acids is 1. The number of benzene rings is 1. The monoisotopic (exact) mass is 189 g/mol. The van der Waals surface area contributed by atoms with E-state index < -0.39 is 0 Å². The molecule has 0 heterocycles. The highest BCUT2D eigenvalue weighted by molar-refractivity contribution is 5.75. The first kappa shape index (κ1) is 12.4. The molecule has 1 aromatic rings. The van der Waals surface area contributed by atoms with Gasteiger partial charge in [0.2, 0.25) is 0 Å². The highest BCUT2D eigenvalue weighted by Crippen LogP contribution is 2.00. The summed E-state index contributed by atoms with van der Waals surface area (Å²) in [6.45, 7) is 6.50. The van der Waals surface area contributed by atoms with Crippen LogP contribution in [0.25, 0.3) is 0 Å². The Morgan fingerprint density at radius 2 is 1.93 bits per heavy atom. The smallest absolute Gasteiger partial charge is 0.150 e. The fourth-order valence-electron chi connectivity index (χ4n) is 0.682. The van der Waals surface area contributed by atoms with E-state index in [0.29, 0.717) is 11.1 Å². The Morgan fingerprint density at radius 1 is 1.36 bits per heavy atom. The minimum Gasteiger partial charge on any atom is -0.298 e. The van der Waals surface area contributed by atoms with Crippen LogP contribution in [0, 0.1) is 17.2 Å². The quantitative estimate of drug-likeness (QED) is 0.637. The van der Waals surface area contributed by atoms with Gasteiger partial charge in [-0.15, -0.1) is 0 Å². The lowest BCUT2D eigenvalue weighted by Crippen LogP contribution is -1.79. The number of hydrogen-bond donors (Lipinski definition) is 0. The van der Waals surface area contributed by atoms with Crippen molar-refractivity contribution in [2.45, 2.75) is 20.8 Å². The van der Waals surface area contributed by atoms with Gasteiger partial charge in [0.25, 0.3) is 0 Å². The first-order valence-electron chi connectivity index (χ1n) is 4.55.